The number of amides is 1. The fourth-order valence-corrected chi connectivity index (χ4v) is 3.12. The number of halogens is 1. The van der Waals surface area contributed by atoms with Crippen LogP contribution in [0.4, 0.5) is 11.4 Å². The SMILES string of the molecule is COc1cc(NCc2cc(Br)cs2)ccc1NC(C)=O. The molecule has 2 aromatic rings. The van der Waals surface area contributed by atoms with E-state index in [9.17, 15) is 4.79 Å². The van der Waals surface area contributed by atoms with E-state index in [2.05, 4.69) is 38.0 Å². The van der Waals surface area contributed by atoms with Gasteiger partial charge in [-0.2, -0.15) is 0 Å². The van der Waals surface area contributed by atoms with Crippen LogP contribution in [0.2, 0.25) is 0 Å². The zero-order chi connectivity index (χ0) is 14.5. The van der Waals surface area contributed by atoms with E-state index in [1.54, 1.807) is 18.4 Å². The molecule has 1 amide bonds. The topological polar surface area (TPSA) is 50.4 Å². The molecule has 0 saturated heterocycles. The number of thiophene rings is 1. The van der Waals surface area contributed by atoms with Crippen molar-refractivity contribution < 1.29 is 9.53 Å². The lowest BCUT2D eigenvalue weighted by Gasteiger charge is -2.12. The first-order valence-corrected chi connectivity index (χ1v) is 7.68. The molecule has 0 saturated carbocycles. The number of rotatable bonds is 5. The molecule has 0 aliphatic carbocycles. The van der Waals surface area contributed by atoms with Gasteiger partial charge in [0.15, 0.2) is 0 Å². The molecule has 0 aliphatic rings. The van der Waals surface area contributed by atoms with E-state index in [0.29, 0.717) is 11.4 Å². The van der Waals surface area contributed by atoms with Gasteiger partial charge < -0.3 is 15.4 Å². The van der Waals surface area contributed by atoms with E-state index in [1.807, 2.05) is 18.2 Å². The Morgan fingerprint density at radius 1 is 1.40 bits per heavy atom. The number of ether oxygens (including phenoxy) is 1. The standard InChI is InChI=1S/C14H15BrN2O2S/c1-9(18)17-13-4-3-11(6-14(13)19-2)16-7-12-5-10(15)8-20-12/h3-6,8,16H,7H2,1-2H3,(H,17,18). The predicted octanol–water partition coefficient (Wildman–Crippen LogP) is 4.09. The minimum atomic E-state index is -0.118. The number of hydrogen-bond acceptors (Lipinski definition) is 4. The largest absolute Gasteiger partial charge is 0.494 e. The minimum absolute atomic E-state index is 0.118. The van der Waals surface area contributed by atoms with E-state index < -0.39 is 0 Å². The van der Waals surface area contributed by atoms with E-state index >= 15 is 0 Å². The highest BCUT2D eigenvalue weighted by atomic mass is 79.9. The highest BCUT2D eigenvalue weighted by Crippen LogP contribution is 2.28. The van der Waals surface area contributed by atoms with Crippen molar-refractivity contribution in [2.24, 2.45) is 0 Å². The van der Waals surface area contributed by atoms with Crippen LogP contribution >= 0.6 is 27.3 Å². The summed E-state index contributed by atoms with van der Waals surface area (Å²) in [6.07, 6.45) is 0. The third-order valence-electron chi connectivity index (χ3n) is 2.60. The lowest BCUT2D eigenvalue weighted by Crippen LogP contribution is -2.07. The van der Waals surface area contributed by atoms with E-state index in [4.69, 9.17) is 4.74 Å². The summed E-state index contributed by atoms with van der Waals surface area (Å²) in [5, 5.41) is 8.11. The molecule has 0 unspecified atom stereocenters. The fourth-order valence-electron chi connectivity index (χ4n) is 1.73. The molecule has 4 nitrogen and oxygen atoms in total. The van der Waals surface area contributed by atoms with Gasteiger partial charge in [0.05, 0.1) is 12.8 Å². The second-order valence-electron chi connectivity index (χ2n) is 4.18. The van der Waals surface area contributed by atoms with Crippen molar-refractivity contribution >= 4 is 44.5 Å². The monoisotopic (exact) mass is 354 g/mol. The number of methoxy groups -OCH3 is 1. The highest BCUT2D eigenvalue weighted by molar-refractivity contribution is 9.10. The van der Waals surface area contributed by atoms with E-state index in [1.165, 1.54) is 11.8 Å². The summed E-state index contributed by atoms with van der Waals surface area (Å²) in [6.45, 7) is 2.22. The summed E-state index contributed by atoms with van der Waals surface area (Å²) in [5.74, 6) is 0.519. The van der Waals surface area contributed by atoms with Gasteiger partial charge in [-0.05, 0) is 34.1 Å². The fraction of sp³-hybridized carbons (Fsp3) is 0.214. The number of benzene rings is 1. The van der Waals surface area contributed by atoms with Gasteiger partial charge in [0, 0.05) is 40.0 Å². The molecule has 0 spiro atoms. The number of anilines is 2. The predicted molar refractivity (Wildman–Crippen MR) is 86.6 cm³/mol. The van der Waals surface area contributed by atoms with Crippen LogP contribution in [-0.2, 0) is 11.3 Å². The molecule has 1 aromatic carbocycles. The molecule has 6 heteroatoms. The van der Waals surface area contributed by atoms with E-state index in [-0.39, 0.29) is 5.91 Å². The van der Waals surface area contributed by atoms with Crippen LogP contribution in [0.25, 0.3) is 0 Å². The number of hydrogen-bond donors (Lipinski definition) is 2. The summed E-state index contributed by atoms with van der Waals surface area (Å²) in [4.78, 5) is 12.3. The first kappa shape index (κ1) is 14.9. The molecular formula is C14H15BrN2O2S. The van der Waals surface area contributed by atoms with Crippen LogP contribution in [0, 0.1) is 0 Å². The summed E-state index contributed by atoms with van der Waals surface area (Å²) in [6, 6.07) is 7.69. The molecule has 0 bridgehead atoms. The Kier molecular flexibility index (Phi) is 5.03. The van der Waals surface area contributed by atoms with Gasteiger partial charge in [0.1, 0.15) is 5.75 Å². The number of nitrogens with one attached hydrogen (secondary N) is 2. The molecule has 1 aromatic heterocycles. The lowest BCUT2D eigenvalue weighted by atomic mass is 10.2. The van der Waals surface area contributed by atoms with Crippen LogP contribution in [0.15, 0.2) is 34.1 Å². The van der Waals surface area contributed by atoms with Gasteiger partial charge in [-0.15, -0.1) is 11.3 Å². The first-order valence-electron chi connectivity index (χ1n) is 6.01. The smallest absolute Gasteiger partial charge is 0.221 e. The first-order chi connectivity index (χ1) is 9.58. The zero-order valence-corrected chi connectivity index (χ0v) is 13.6. The van der Waals surface area contributed by atoms with Gasteiger partial charge in [0.2, 0.25) is 5.91 Å². The maximum absolute atomic E-state index is 11.1. The number of carbonyl (C=O) groups is 1. The van der Waals surface area contributed by atoms with Crippen LogP contribution in [0.3, 0.4) is 0 Å². The minimum Gasteiger partial charge on any atom is -0.494 e. The Hall–Kier alpha value is -1.53. The average molecular weight is 355 g/mol. The third-order valence-corrected chi connectivity index (χ3v) is 4.30. The van der Waals surface area contributed by atoms with Gasteiger partial charge in [-0.3, -0.25) is 4.79 Å². The van der Waals surface area contributed by atoms with E-state index in [0.717, 1.165) is 16.7 Å². The van der Waals surface area contributed by atoms with Crippen LogP contribution in [0.5, 0.6) is 5.75 Å². The van der Waals surface area contributed by atoms with Gasteiger partial charge in [-0.1, -0.05) is 0 Å². The van der Waals surface area contributed by atoms with Crippen molar-refractivity contribution in [2.45, 2.75) is 13.5 Å². The number of carbonyl (C=O) groups excluding carboxylic acids is 1. The molecule has 1 heterocycles. The quantitative estimate of drug-likeness (QED) is 0.849. The van der Waals surface area contributed by atoms with Crippen molar-refractivity contribution in [1.29, 1.82) is 0 Å². The molecule has 2 N–H and O–H groups in total. The van der Waals surface area contributed by atoms with Gasteiger partial charge in [-0.25, -0.2) is 0 Å². The summed E-state index contributed by atoms with van der Waals surface area (Å²) in [7, 11) is 1.58. The zero-order valence-electron chi connectivity index (χ0n) is 11.2. The Balaban J connectivity index is 2.07. The Morgan fingerprint density at radius 3 is 2.80 bits per heavy atom. The van der Waals surface area contributed by atoms with Crippen LogP contribution in [-0.4, -0.2) is 13.0 Å². The Bertz CT molecular complexity index is 613. The average Bonchev–Trinajstić information content (AvgIpc) is 2.83. The maximum Gasteiger partial charge on any atom is 0.221 e. The molecule has 106 valence electrons. The third kappa shape index (κ3) is 3.98. The Labute approximate surface area is 130 Å². The van der Waals surface area contributed by atoms with Crippen molar-refractivity contribution in [1.82, 2.24) is 0 Å². The van der Waals surface area contributed by atoms with Crippen LogP contribution in [0.1, 0.15) is 11.8 Å². The summed E-state index contributed by atoms with van der Waals surface area (Å²) in [5.41, 5.74) is 1.62. The van der Waals surface area contributed by atoms with Gasteiger partial charge >= 0.3 is 0 Å². The normalized spacial score (nSPS) is 10.2. The van der Waals surface area contributed by atoms with Crippen molar-refractivity contribution in [2.75, 3.05) is 17.7 Å². The van der Waals surface area contributed by atoms with Crippen molar-refractivity contribution in [3.63, 3.8) is 0 Å². The molecule has 0 radical (unpaired) electrons. The highest BCUT2D eigenvalue weighted by Gasteiger charge is 2.06. The summed E-state index contributed by atoms with van der Waals surface area (Å²) >= 11 is 5.13. The molecule has 20 heavy (non-hydrogen) atoms. The maximum atomic E-state index is 11.1. The molecule has 2 rings (SSSR count). The molecule has 0 fully saturated rings. The molecule has 0 atom stereocenters. The molecule has 0 aliphatic heterocycles. The van der Waals surface area contributed by atoms with Crippen molar-refractivity contribution in [3.05, 3.63) is 39.0 Å². The second kappa shape index (κ2) is 6.76. The lowest BCUT2D eigenvalue weighted by molar-refractivity contribution is -0.114. The molecular weight excluding hydrogens is 340 g/mol. The Morgan fingerprint density at radius 2 is 2.20 bits per heavy atom. The summed E-state index contributed by atoms with van der Waals surface area (Å²) < 4.78 is 6.38. The van der Waals surface area contributed by atoms with Gasteiger partial charge in [0.25, 0.3) is 0 Å². The van der Waals surface area contributed by atoms with Crippen molar-refractivity contribution in [3.8, 4) is 5.75 Å². The van der Waals surface area contributed by atoms with Crippen LogP contribution < -0.4 is 15.4 Å². The second-order valence-corrected chi connectivity index (χ2v) is 6.09.